The molecule has 7 nitrogen and oxygen atoms in total. The number of hydrogen-bond donors (Lipinski definition) is 2. The number of rotatable bonds is 6. The van der Waals surface area contributed by atoms with Crippen LogP contribution in [0.2, 0.25) is 0 Å². The Bertz CT molecular complexity index is 1090. The minimum absolute atomic E-state index is 0.00707. The van der Waals surface area contributed by atoms with Crippen molar-refractivity contribution in [3.8, 4) is 11.1 Å². The van der Waals surface area contributed by atoms with Crippen molar-refractivity contribution in [3.63, 3.8) is 0 Å². The highest BCUT2D eigenvalue weighted by Gasteiger charge is 2.58. The first-order chi connectivity index (χ1) is 16.0. The monoisotopic (exact) mass is 446 g/mol. The Morgan fingerprint density at radius 2 is 1.70 bits per heavy atom. The Balaban J connectivity index is 1.11. The predicted molar refractivity (Wildman–Crippen MR) is 122 cm³/mol. The number of carbonyl (C=O) groups is 3. The van der Waals surface area contributed by atoms with Gasteiger partial charge in [-0.25, -0.2) is 4.79 Å². The molecule has 1 atom stereocenters. The molecule has 7 heteroatoms. The quantitative estimate of drug-likeness (QED) is 0.663. The number of alkyl carbamates (subject to hydrolysis) is 1. The van der Waals surface area contributed by atoms with Crippen LogP contribution in [0.1, 0.15) is 29.9 Å². The number of fused-ring (bicyclic) bond motifs is 3. The highest BCUT2D eigenvalue weighted by Crippen LogP contribution is 2.56. The summed E-state index contributed by atoms with van der Waals surface area (Å²) in [6.45, 7) is 1.13. The number of carboxylic acid groups (broad SMARTS) is 1. The third kappa shape index (κ3) is 3.99. The molecule has 0 bridgehead atoms. The number of likely N-dealkylation sites (tertiary alicyclic amines) is 1. The van der Waals surface area contributed by atoms with E-state index in [1.165, 1.54) is 17.2 Å². The molecule has 2 N–H and O–H groups in total. The summed E-state index contributed by atoms with van der Waals surface area (Å²) in [5.74, 6) is -1.54. The van der Waals surface area contributed by atoms with E-state index in [0.29, 0.717) is 6.54 Å². The van der Waals surface area contributed by atoms with Gasteiger partial charge in [-0.1, -0.05) is 54.6 Å². The number of nitrogens with zero attached hydrogens (tertiary/aromatic N) is 1. The van der Waals surface area contributed by atoms with Gasteiger partial charge >= 0.3 is 12.1 Å². The minimum Gasteiger partial charge on any atom is -0.481 e. The van der Waals surface area contributed by atoms with Crippen LogP contribution in [0.25, 0.3) is 11.1 Å². The summed E-state index contributed by atoms with van der Waals surface area (Å²) in [7, 11) is 0. The Morgan fingerprint density at radius 1 is 1.06 bits per heavy atom. The van der Waals surface area contributed by atoms with E-state index in [0.717, 1.165) is 24.0 Å². The van der Waals surface area contributed by atoms with Gasteiger partial charge in [0.1, 0.15) is 6.61 Å². The summed E-state index contributed by atoms with van der Waals surface area (Å²) in [4.78, 5) is 37.6. The van der Waals surface area contributed by atoms with Crippen molar-refractivity contribution in [2.45, 2.75) is 18.8 Å². The van der Waals surface area contributed by atoms with Crippen LogP contribution in [0.5, 0.6) is 0 Å². The van der Waals surface area contributed by atoms with Gasteiger partial charge in [0, 0.05) is 37.0 Å². The molecular formula is C26H26N2O5. The molecule has 1 heterocycles. The summed E-state index contributed by atoms with van der Waals surface area (Å²) in [6.07, 6.45) is 4.14. The standard InChI is InChI=1S/C26H26N2O5/c29-23(28-14-22(24(30)31)26(16-28)11-12-26)10-5-13-27-25(32)33-15-21-19-8-3-1-6-17(19)18-7-2-4-9-20(18)21/h1-10,21-22H,11-16H2,(H,27,32)(H,30,31)/b10-5+. The molecule has 2 aromatic rings. The van der Waals surface area contributed by atoms with Crippen LogP contribution in [-0.2, 0) is 14.3 Å². The summed E-state index contributed by atoms with van der Waals surface area (Å²) in [5.41, 5.74) is 4.41. The fourth-order valence-electron chi connectivity index (χ4n) is 5.20. The number of benzene rings is 2. The predicted octanol–water partition coefficient (Wildman–Crippen LogP) is 3.40. The molecule has 170 valence electrons. The van der Waals surface area contributed by atoms with Gasteiger partial charge in [0.05, 0.1) is 5.92 Å². The lowest BCUT2D eigenvalue weighted by Crippen LogP contribution is -2.29. The van der Waals surface area contributed by atoms with Crippen molar-refractivity contribution >= 4 is 18.0 Å². The van der Waals surface area contributed by atoms with E-state index in [-0.39, 0.29) is 36.9 Å². The summed E-state index contributed by atoms with van der Waals surface area (Å²) in [5, 5.41) is 12.0. The van der Waals surface area contributed by atoms with E-state index in [9.17, 15) is 19.5 Å². The number of aliphatic carboxylic acids is 1. The van der Waals surface area contributed by atoms with Crippen LogP contribution in [0, 0.1) is 11.3 Å². The summed E-state index contributed by atoms with van der Waals surface area (Å²) in [6, 6.07) is 16.3. The highest BCUT2D eigenvalue weighted by molar-refractivity contribution is 5.89. The van der Waals surface area contributed by atoms with E-state index in [1.54, 1.807) is 11.0 Å². The third-order valence-electron chi connectivity index (χ3n) is 7.12. The molecule has 1 unspecified atom stereocenters. The zero-order valence-electron chi connectivity index (χ0n) is 18.2. The number of carboxylic acids is 1. The SMILES string of the molecule is O=C(NC/C=C/C(=O)N1CC(C(=O)O)C2(CC2)C1)OCC1c2ccccc2-c2ccccc21. The van der Waals surface area contributed by atoms with E-state index in [4.69, 9.17) is 4.74 Å². The van der Waals surface area contributed by atoms with Crippen LogP contribution in [0.3, 0.4) is 0 Å². The average Bonchev–Trinajstić information content (AvgIpc) is 3.36. The third-order valence-corrected chi connectivity index (χ3v) is 7.12. The van der Waals surface area contributed by atoms with Crippen molar-refractivity contribution in [1.29, 1.82) is 0 Å². The van der Waals surface area contributed by atoms with E-state index in [2.05, 4.69) is 29.6 Å². The zero-order valence-corrected chi connectivity index (χ0v) is 18.2. The number of ether oxygens (including phenoxy) is 1. The second kappa shape index (κ2) is 8.39. The van der Waals surface area contributed by atoms with Crippen molar-refractivity contribution in [2.75, 3.05) is 26.2 Å². The molecule has 1 aliphatic heterocycles. The number of nitrogens with one attached hydrogen (secondary N) is 1. The molecule has 2 fully saturated rings. The van der Waals surface area contributed by atoms with Crippen molar-refractivity contribution in [1.82, 2.24) is 10.2 Å². The van der Waals surface area contributed by atoms with Gasteiger partial charge in [-0.2, -0.15) is 0 Å². The van der Waals surface area contributed by atoms with Crippen LogP contribution < -0.4 is 5.32 Å². The molecule has 2 aliphatic carbocycles. The lowest BCUT2D eigenvalue weighted by atomic mass is 9.93. The summed E-state index contributed by atoms with van der Waals surface area (Å²) < 4.78 is 5.48. The molecule has 2 aromatic carbocycles. The van der Waals surface area contributed by atoms with Gasteiger partial charge in [-0.3, -0.25) is 9.59 Å². The largest absolute Gasteiger partial charge is 0.481 e. The first-order valence-corrected chi connectivity index (χ1v) is 11.3. The maximum atomic E-state index is 12.4. The van der Waals surface area contributed by atoms with Gasteiger partial charge < -0.3 is 20.1 Å². The van der Waals surface area contributed by atoms with E-state index < -0.39 is 18.0 Å². The fourth-order valence-corrected chi connectivity index (χ4v) is 5.20. The maximum Gasteiger partial charge on any atom is 0.407 e. The number of hydrogen-bond acceptors (Lipinski definition) is 4. The number of amides is 2. The second-order valence-electron chi connectivity index (χ2n) is 9.08. The molecule has 33 heavy (non-hydrogen) atoms. The topological polar surface area (TPSA) is 95.9 Å². The Morgan fingerprint density at radius 3 is 2.27 bits per heavy atom. The van der Waals surface area contributed by atoms with E-state index in [1.807, 2.05) is 24.3 Å². The minimum atomic E-state index is -0.830. The molecule has 3 aliphatic rings. The van der Waals surface area contributed by atoms with Crippen LogP contribution in [-0.4, -0.2) is 54.2 Å². The Labute approximate surface area is 192 Å². The molecular weight excluding hydrogens is 420 g/mol. The van der Waals surface area contributed by atoms with Gasteiger partial charge in [0.15, 0.2) is 0 Å². The molecule has 0 radical (unpaired) electrons. The molecule has 1 saturated heterocycles. The van der Waals surface area contributed by atoms with Crippen molar-refractivity contribution in [3.05, 3.63) is 71.8 Å². The highest BCUT2D eigenvalue weighted by atomic mass is 16.5. The first kappa shape index (κ1) is 21.2. The second-order valence-corrected chi connectivity index (χ2v) is 9.08. The van der Waals surface area contributed by atoms with Crippen molar-refractivity contribution < 1.29 is 24.2 Å². The van der Waals surface area contributed by atoms with Gasteiger partial charge in [-0.05, 0) is 35.1 Å². The molecule has 2 amide bonds. The summed E-state index contributed by atoms with van der Waals surface area (Å²) >= 11 is 0. The molecule has 1 saturated carbocycles. The average molecular weight is 447 g/mol. The van der Waals surface area contributed by atoms with E-state index >= 15 is 0 Å². The van der Waals surface area contributed by atoms with Gasteiger partial charge in [-0.15, -0.1) is 0 Å². The normalized spacial score (nSPS) is 20.0. The fraction of sp³-hybridized carbons (Fsp3) is 0.346. The lowest BCUT2D eigenvalue weighted by molar-refractivity contribution is -0.143. The van der Waals surface area contributed by atoms with Crippen LogP contribution in [0.4, 0.5) is 4.79 Å². The lowest BCUT2D eigenvalue weighted by Gasteiger charge is -2.14. The van der Waals surface area contributed by atoms with Gasteiger partial charge in [0.2, 0.25) is 5.91 Å². The van der Waals surface area contributed by atoms with Crippen molar-refractivity contribution in [2.24, 2.45) is 11.3 Å². The number of carbonyl (C=O) groups excluding carboxylic acids is 2. The molecule has 5 rings (SSSR count). The Kier molecular flexibility index (Phi) is 5.40. The van der Waals surface area contributed by atoms with Gasteiger partial charge in [0.25, 0.3) is 0 Å². The first-order valence-electron chi connectivity index (χ1n) is 11.3. The Hall–Kier alpha value is -3.61. The van der Waals surface area contributed by atoms with Crippen LogP contribution in [0.15, 0.2) is 60.7 Å². The smallest absolute Gasteiger partial charge is 0.407 e. The molecule has 0 aromatic heterocycles. The molecule has 1 spiro atoms. The maximum absolute atomic E-state index is 12.4. The zero-order chi connectivity index (χ0) is 23.0. The van der Waals surface area contributed by atoms with Crippen LogP contribution >= 0.6 is 0 Å².